The molecule has 0 aromatic carbocycles. The molecule has 20 heavy (non-hydrogen) atoms. The molecule has 0 bridgehead atoms. The van der Waals surface area contributed by atoms with E-state index in [2.05, 4.69) is 4.98 Å². The lowest BCUT2D eigenvalue weighted by Gasteiger charge is -2.20. The Morgan fingerprint density at radius 1 is 1.30 bits per heavy atom. The molecule has 1 aromatic heterocycles. The maximum atomic E-state index is 12.3. The number of aromatic nitrogens is 1. The Labute approximate surface area is 117 Å². The Morgan fingerprint density at radius 3 is 2.55 bits per heavy atom. The third kappa shape index (κ3) is 4.22. The first-order chi connectivity index (χ1) is 9.49. The van der Waals surface area contributed by atoms with Crippen molar-refractivity contribution < 1.29 is 14.3 Å². The second kappa shape index (κ2) is 7.47. The summed E-state index contributed by atoms with van der Waals surface area (Å²) in [7, 11) is 0. The quantitative estimate of drug-likeness (QED) is 0.791. The molecule has 0 saturated carbocycles. The van der Waals surface area contributed by atoms with Crippen LogP contribution >= 0.6 is 0 Å². The summed E-state index contributed by atoms with van der Waals surface area (Å²) in [6.07, 6.45) is 0.689. The number of carbonyl (C=O) groups excluding carboxylic acids is 2. The molecule has 0 aliphatic rings. The Kier molecular flexibility index (Phi) is 5.96. The van der Waals surface area contributed by atoms with Crippen molar-refractivity contribution in [2.75, 3.05) is 19.7 Å². The summed E-state index contributed by atoms with van der Waals surface area (Å²) in [6.45, 7) is 5.84. The zero-order valence-electron chi connectivity index (χ0n) is 12.1. The number of rotatable bonds is 6. The SMILES string of the molecule is CCCN(CC(=O)OCC)C(=O)c1ccc(C)[nH]c1=O. The molecule has 1 amide bonds. The summed E-state index contributed by atoms with van der Waals surface area (Å²) < 4.78 is 4.84. The van der Waals surface area contributed by atoms with Crippen LogP contribution < -0.4 is 5.56 Å². The van der Waals surface area contributed by atoms with Gasteiger partial charge in [-0.25, -0.2) is 0 Å². The molecule has 0 aliphatic carbocycles. The van der Waals surface area contributed by atoms with E-state index < -0.39 is 17.4 Å². The summed E-state index contributed by atoms with van der Waals surface area (Å²) in [5, 5.41) is 0. The van der Waals surface area contributed by atoms with E-state index in [0.29, 0.717) is 18.7 Å². The fourth-order valence-corrected chi connectivity index (χ4v) is 1.80. The third-order valence-corrected chi connectivity index (χ3v) is 2.69. The average Bonchev–Trinajstić information content (AvgIpc) is 2.38. The fourth-order valence-electron chi connectivity index (χ4n) is 1.80. The van der Waals surface area contributed by atoms with E-state index in [-0.39, 0.29) is 18.7 Å². The van der Waals surface area contributed by atoms with Crippen LogP contribution in [0, 0.1) is 6.92 Å². The van der Waals surface area contributed by atoms with E-state index >= 15 is 0 Å². The van der Waals surface area contributed by atoms with Crippen LogP contribution in [0.1, 0.15) is 36.3 Å². The number of aryl methyl sites for hydroxylation is 1. The molecule has 6 heteroatoms. The molecule has 6 nitrogen and oxygen atoms in total. The van der Waals surface area contributed by atoms with Crippen molar-refractivity contribution in [3.63, 3.8) is 0 Å². The molecule has 0 atom stereocenters. The number of nitrogens with zero attached hydrogens (tertiary/aromatic N) is 1. The molecule has 0 spiro atoms. The second-order valence-electron chi connectivity index (χ2n) is 4.42. The van der Waals surface area contributed by atoms with Crippen LogP contribution in [-0.4, -0.2) is 41.5 Å². The highest BCUT2D eigenvalue weighted by molar-refractivity contribution is 5.95. The van der Waals surface area contributed by atoms with Crippen molar-refractivity contribution in [2.24, 2.45) is 0 Å². The predicted octanol–water partition coefficient (Wildman–Crippen LogP) is 1.10. The maximum absolute atomic E-state index is 12.3. The van der Waals surface area contributed by atoms with Crippen molar-refractivity contribution in [2.45, 2.75) is 27.2 Å². The van der Waals surface area contributed by atoms with Crippen molar-refractivity contribution in [3.05, 3.63) is 33.7 Å². The Balaban J connectivity index is 2.93. The van der Waals surface area contributed by atoms with E-state index in [1.807, 2.05) is 6.92 Å². The normalized spacial score (nSPS) is 10.2. The zero-order chi connectivity index (χ0) is 15.1. The monoisotopic (exact) mass is 280 g/mol. The largest absolute Gasteiger partial charge is 0.465 e. The van der Waals surface area contributed by atoms with Gasteiger partial charge in [-0.05, 0) is 32.4 Å². The van der Waals surface area contributed by atoms with Crippen LogP contribution in [0.15, 0.2) is 16.9 Å². The summed E-state index contributed by atoms with van der Waals surface area (Å²) in [4.78, 5) is 39.5. The van der Waals surface area contributed by atoms with Crippen molar-refractivity contribution in [1.29, 1.82) is 0 Å². The molecule has 0 aliphatic heterocycles. The fraction of sp³-hybridized carbons (Fsp3) is 0.500. The van der Waals surface area contributed by atoms with Gasteiger partial charge in [-0.1, -0.05) is 6.92 Å². The number of hydrogen-bond donors (Lipinski definition) is 1. The van der Waals surface area contributed by atoms with Gasteiger partial charge in [0.05, 0.1) is 6.61 Å². The molecule has 1 aromatic rings. The Bertz CT molecular complexity index is 536. The van der Waals surface area contributed by atoms with Gasteiger partial charge in [-0.2, -0.15) is 0 Å². The molecule has 1 heterocycles. The van der Waals surface area contributed by atoms with E-state index in [4.69, 9.17) is 4.74 Å². The van der Waals surface area contributed by atoms with Gasteiger partial charge in [-0.3, -0.25) is 14.4 Å². The van der Waals surface area contributed by atoms with Crippen LogP contribution in [0.3, 0.4) is 0 Å². The van der Waals surface area contributed by atoms with Gasteiger partial charge in [-0.15, -0.1) is 0 Å². The van der Waals surface area contributed by atoms with Gasteiger partial charge < -0.3 is 14.6 Å². The van der Waals surface area contributed by atoms with Gasteiger partial charge >= 0.3 is 5.97 Å². The van der Waals surface area contributed by atoms with Crippen molar-refractivity contribution in [1.82, 2.24) is 9.88 Å². The van der Waals surface area contributed by atoms with Gasteiger partial charge in [0.25, 0.3) is 11.5 Å². The summed E-state index contributed by atoms with van der Waals surface area (Å²) in [5.74, 6) is -0.931. The minimum Gasteiger partial charge on any atom is -0.465 e. The summed E-state index contributed by atoms with van der Waals surface area (Å²) >= 11 is 0. The van der Waals surface area contributed by atoms with Gasteiger partial charge in [0.2, 0.25) is 0 Å². The highest BCUT2D eigenvalue weighted by atomic mass is 16.5. The van der Waals surface area contributed by atoms with E-state index in [1.54, 1.807) is 19.9 Å². The van der Waals surface area contributed by atoms with Crippen LogP contribution in [0.25, 0.3) is 0 Å². The second-order valence-corrected chi connectivity index (χ2v) is 4.42. The third-order valence-electron chi connectivity index (χ3n) is 2.69. The Morgan fingerprint density at radius 2 is 2.00 bits per heavy atom. The number of carbonyl (C=O) groups is 2. The first-order valence-electron chi connectivity index (χ1n) is 6.64. The maximum Gasteiger partial charge on any atom is 0.325 e. The molecule has 0 saturated heterocycles. The van der Waals surface area contributed by atoms with Crippen LogP contribution in [0.5, 0.6) is 0 Å². The van der Waals surface area contributed by atoms with Crippen LogP contribution in [0.2, 0.25) is 0 Å². The van der Waals surface area contributed by atoms with Crippen molar-refractivity contribution >= 4 is 11.9 Å². The number of esters is 1. The molecule has 0 radical (unpaired) electrons. The molecule has 0 unspecified atom stereocenters. The lowest BCUT2D eigenvalue weighted by molar-refractivity contribution is -0.143. The van der Waals surface area contributed by atoms with Gasteiger partial charge in [0.15, 0.2) is 0 Å². The molecule has 1 rings (SSSR count). The predicted molar refractivity (Wildman–Crippen MR) is 74.6 cm³/mol. The highest BCUT2D eigenvalue weighted by Crippen LogP contribution is 2.03. The minimum absolute atomic E-state index is 0.0355. The van der Waals surface area contributed by atoms with Crippen LogP contribution in [-0.2, 0) is 9.53 Å². The Hall–Kier alpha value is -2.11. The number of H-pyrrole nitrogens is 1. The molecule has 110 valence electrons. The molecular formula is C14H20N2O4. The van der Waals surface area contributed by atoms with E-state index in [9.17, 15) is 14.4 Å². The number of nitrogens with one attached hydrogen (secondary N) is 1. The van der Waals surface area contributed by atoms with E-state index in [0.717, 1.165) is 0 Å². The minimum atomic E-state index is -0.474. The number of aromatic amines is 1. The average molecular weight is 280 g/mol. The van der Waals surface area contributed by atoms with E-state index in [1.165, 1.54) is 11.0 Å². The van der Waals surface area contributed by atoms with Gasteiger partial charge in [0.1, 0.15) is 12.1 Å². The first kappa shape index (κ1) is 15.9. The molecular weight excluding hydrogens is 260 g/mol. The highest BCUT2D eigenvalue weighted by Gasteiger charge is 2.21. The topological polar surface area (TPSA) is 79.5 Å². The standard InChI is InChI=1S/C14H20N2O4/c1-4-8-16(9-12(17)20-5-2)14(19)11-7-6-10(3)15-13(11)18/h6-7H,4-5,8-9H2,1-3H3,(H,15,18). The van der Waals surface area contributed by atoms with Gasteiger partial charge in [0, 0.05) is 12.2 Å². The number of pyridine rings is 1. The van der Waals surface area contributed by atoms with Crippen molar-refractivity contribution in [3.8, 4) is 0 Å². The lowest BCUT2D eigenvalue weighted by Crippen LogP contribution is -2.39. The zero-order valence-corrected chi connectivity index (χ0v) is 12.1. The number of amides is 1. The molecule has 1 N–H and O–H groups in total. The summed E-state index contributed by atoms with van der Waals surface area (Å²) in [6, 6.07) is 3.13. The smallest absolute Gasteiger partial charge is 0.325 e. The number of ether oxygens (including phenoxy) is 1. The number of hydrogen-bond acceptors (Lipinski definition) is 4. The first-order valence-corrected chi connectivity index (χ1v) is 6.64. The summed E-state index contributed by atoms with van der Waals surface area (Å²) in [5.41, 5.74) is 0.271. The van der Waals surface area contributed by atoms with Crippen LogP contribution in [0.4, 0.5) is 0 Å². The molecule has 0 fully saturated rings. The lowest BCUT2D eigenvalue weighted by atomic mass is 10.2.